The summed E-state index contributed by atoms with van der Waals surface area (Å²) in [5.74, 6) is -0.0704. The summed E-state index contributed by atoms with van der Waals surface area (Å²) in [5.41, 5.74) is 0.486. The van der Waals surface area contributed by atoms with Gasteiger partial charge in [-0.3, -0.25) is 14.7 Å². The number of halogens is 1. The van der Waals surface area contributed by atoms with Crippen LogP contribution in [-0.4, -0.2) is 53.4 Å². The van der Waals surface area contributed by atoms with Gasteiger partial charge in [-0.2, -0.15) is 5.26 Å². The number of rotatable bonds is 2. The van der Waals surface area contributed by atoms with Crippen LogP contribution < -0.4 is 0 Å². The van der Waals surface area contributed by atoms with Crippen molar-refractivity contribution in [1.29, 1.82) is 5.26 Å². The number of hydrogen-bond acceptors (Lipinski definition) is 4. The van der Waals surface area contributed by atoms with E-state index in [1.54, 1.807) is 17.2 Å². The molecule has 0 aliphatic carbocycles. The Kier molecular flexibility index (Phi) is 4.13. The van der Waals surface area contributed by atoms with Crippen LogP contribution in [0.1, 0.15) is 10.4 Å². The van der Waals surface area contributed by atoms with Crippen LogP contribution in [0, 0.1) is 11.3 Å². The summed E-state index contributed by atoms with van der Waals surface area (Å²) in [4.78, 5) is 19.9. The van der Waals surface area contributed by atoms with E-state index in [0.29, 0.717) is 30.2 Å². The summed E-state index contributed by atoms with van der Waals surface area (Å²) in [6.07, 6.45) is 3.03. The van der Waals surface area contributed by atoms with Crippen LogP contribution in [0.25, 0.3) is 0 Å². The number of aromatic nitrogens is 1. The van der Waals surface area contributed by atoms with Gasteiger partial charge in [0.1, 0.15) is 0 Å². The molecule has 1 aromatic rings. The van der Waals surface area contributed by atoms with Gasteiger partial charge >= 0.3 is 0 Å². The van der Waals surface area contributed by atoms with Gasteiger partial charge in [-0.05, 0) is 6.07 Å². The second-order valence-electron chi connectivity index (χ2n) is 4.08. The highest BCUT2D eigenvalue weighted by molar-refractivity contribution is 6.33. The van der Waals surface area contributed by atoms with Crippen molar-refractivity contribution in [1.82, 2.24) is 14.8 Å². The molecule has 0 spiro atoms. The van der Waals surface area contributed by atoms with E-state index < -0.39 is 0 Å². The minimum atomic E-state index is -0.0704. The van der Waals surface area contributed by atoms with Crippen molar-refractivity contribution in [2.24, 2.45) is 0 Å². The van der Waals surface area contributed by atoms with Gasteiger partial charge in [0.15, 0.2) is 0 Å². The first-order valence-corrected chi connectivity index (χ1v) is 6.08. The fourth-order valence-corrected chi connectivity index (χ4v) is 2.13. The normalized spacial score (nSPS) is 16.3. The lowest BCUT2D eigenvalue weighted by molar-refractivity contribution is 0.0652. The van der Waals surface area contributed by atoms with Gasteiger partial charge in [-0.15, -0.1) is 0 Å². The van der Waals surface area contributed by atoms with E-state index in [-0.39, 0.29) is 5.91 Å². The molecule has 5 nitrogen and oxygen atoms in total. The number of hydrogen-bond donors (Lipinski definition) is 0. The molecule has 0 bridgehead atoms. The van der Waals surface area contributed by atoms with Gasteiger partial charge in [0.2, 0.25) is 0 Å². The van der Waals surface area contributed by atoms with Gasteiger partial charge < -0.3 is 4.90 Å². The smallest absolute Gasteiger partial charge is 0.255 e. The molecule has 1 fully saturated rings. The molecule has 18 heavy (non-hydrogen) atoms. The van der Waals surface area contributed by atoms with Crippen molar-refractivity contribution >= 4 is 17.5 Å². The summed E-state index contributed by atoms with van der Waals surface area (Å²) in [6.45, 7) is 3.11. The van der Waals surface area contributed by atoms with Crippen molar-refractivity contribution in [3.63, 3.8) is 0 Å². The Bertz CT molecular complexity index is 477. The topological polar surface area (TPSA) is 60.2 Å². The van der Waals surface area contributed by atoms with E-state index in [4.69, 9.17) is 16.9 Å². The predicted octanol–water partition coefficient (Wildman–Crippen LogP) is 1.02. The first kappa shape index (κ1) is 12.8. The molecule has 1 aliphatic rings. The van der Waals surface area contributed by atoms with Crippen molar-refractivity contribution in [3.8, 4) is 6.07 Å². The third kappa shape index (κ3) is 2.78. The van der Waals surface area contributed by atoms with Crippen LogP contribution in [0.2, 0.25) is 5.02 Å². The average Bonchev–Trinajstić information content (AvgIpc) is 2.40. The minimum Gasteiger partial charge on any atom is -0.336 e. The summed E-state index contributed by atoms with van der Waals surface area (Å²) in [5, 5.41) is 8.99. The molecule has 94 valence electrons. The Hall–Kier alpha value is -1.64. The van der Waals surface area contributed by atoms with Crippen LogP contribution >= 0.6 is 11.6 Å². The number of carbonyl (C=O) groups is 1. The Balaban J connectivity index is 2.00. The van der Waals surface area contributed by atoms with E-state index in [1.165, 1.54) is 6.20 Å². The van der Waals surface area contributed by atoms with E-state index >= 15 is 0 Å². The molecule has 2 rings (SSSR count). The largest absolute Gasteiger partial charge is 0.336 e. The Labute approximate surface area is 111 Å². The molecule has 0 atom stereocenters. The molecule has 6 heteroatoms. The summed E-state index contributed by atoms with van der Waals surface area (Å²) in [7, 11) is 0. The lowest BCUT2D eigenvalue weighted by Gasteiger charge is -2.33. The number of nitriles is 1. The molecule has 0 unspecified atom stereocenters. The van der Waals surface area contributed by atoms with E-state index in [2.05, 4.69) is 11.1 Å². The average molecular weight is 265 g/mol. The highest BCUT2D eigenvalue weighted by atomic mass is 35.5. The van der Waals surface area contributed by atoms with Gasteiger partial charge in [-0.25, -0.2) is 0 Å². The molecule has 0 aromatic carbocycles. The monoisotopic (exact) mass is 264 g/mol. The molecule has 0 saturated carbocycles. The fourth-order valence-electron chi connectivity index (χ4n) is 1.93. The summed E-state index contributed by atoms with van der Waals surface area (Å²) < 4.78 is 0. The summed E-state index contributed by atoms with van der Waals surface area (Å²) in [6, 6.07) is 3.75. The van der Waals surface area contributed by atoms with Gasteiger partial charge in [-0.1, -0.05) is 11.6 Å². The number of nitrogens with zero attached hydrogens (tertiary/aromatic N) is 4. The molecule has 0 radical (unpaired) electrons. The van der Waals surface area contributed by atoms with Gasteiger partial charge in [0.05, 0.1) is 23.2 Å². The van der Waals surface area contributed by atoms with Crippen LogP contribution in [-0.2, 0) is 0 Å². The lowest BCUT2D eigenvalue weighted by atomic mass is 10.2. The van der Waals surface area contributed by atoms with Crippen LogP contribution in [0.4, 0.5) is 0 Å². The third-order valence-electron chi connectivity index (χ3n) is 2.96. The standard InChI is InChI=1S/C12H13ClN4O/c13-11-9-15-3-1-10(11)12(18)17-7-5-16(4-2-14)6-8-17/h1,3,9H,4-8H2. The fraction of sp³-hybridized carbons (Fsp3) is 0.417. The zero-order valence-corrected chi connectivity index (χ0v) is 10.6. The number of pyridine rings is 1. The Morgan fingerprint density at radius 1 is 1.44 bits per heavy atom. The lowest BCUT2D eigenvalue weighted by Crippen LogP contribution is -2.48. The van der Waals surface area contributed by atoms with E-state index in [9.17, 15) is 4.79 Å². The van der Waals surface area contributed by atoms with Crippen molar-refractivity contribution in [2.75, 3.05) is 32.7 Å². The van der Waals surface area contributed by atoms with Gasteiger partial charge in [0, 0.05) is 38.6 Å². The molecule has 0 N–H and O–H groups in total. The molecule has 1 saturated heterocycles. The highest BCUT2D eigenvalue weighted by Gasteiger charge is 2.23. The first-order chi connectivity index (χ1) is 8.72. The van der Waals surface area contributed by atoms with E-state index in [1.807, 2.05) is 4.90 Å². The Morgan fingerprint density at radius 2 is 2.17 bits per heavy atom. The first-order valence-electron chi connectivity index (χ1n) is 5.70. The maximum atomic E-state index is 12.2. The molecule has 1 amide bonds. The van der Waals surface area contributed by atoms with Crippen LogP contribution in [0.15, 0.2) is 18.5 Å². The molecular formula is C12H13ClN4O. The quantitative estimate of drug-likeness (QED) is 0.748. The molecule has 1 aliphatic heterocycles. The highest BCUT2D eigenvalue weighted by Crippen LogP contribution is 2.16. The Morgan fingerprint density at radius 3 is 2.78 bits per heavy atom. The maximum Gasteiger partial charge on any atom is 0.255 e. The molecular weight excluding hydrogens is 252 g/mol. The number of piperazine rings is 1. The zero-order valence-electron chi connectivity index (χ0n) is 9.84. The molecule has 1 aromatic heterocycles. The second-order valence-corrected chi connectivity index (χ2v) is 4.49. The van der Waals surface area contributed by atoms with Crippen molar-refractivity contribution in [3.05, 3.63) is 29.0 Å². The van der Waals surface area contributed by atoms with Crippen LogP contribution in [0.5, 0.6) is 0 Å². The number of carbonyl (C=O) groups excluding carboxylic acids is 1. The summed E-state index contributed by atoms with van der Waals surface area (Å²) >= 11 is 5.95. The predicted molar refractivity (Wildman–Crippen MR) is 67.2 cm³/mol. The van der Waals surface area contributed by atoms with E-state index in [0.717, 1.165) is 13.1 Å². The number of amides is 1. The SMILES string of the molecule is N#CCN1CCN(C(=O)c2ccncc2Cl)CC1. The zero-order chi connectivity index (χ0) is 13.0. The van der Waals surface area contributed by atoms with Crippen molar-refractivity contribution < 1.29 is 4.79 Å². The van der Waals surface area contributed by atoms with Crippen LogP contribution in [0.3, 0.4) is 0 Å². The van der Waals surface area contributed by atoms with Crippen molar-refractivity contribution in [2.45, 2.75) is 0 Å². The second kappa shape index (κ2) is 5.80. The van der Waals surface area contributed by atoms with Gasteiger partial charge in [0.25, 0.3) is 5.91 Å². The third-order valence-corrected chi connectivity index (χ3v) is 3.26. The minimum absolute atomic E-state index is 0.0704. The molecule has 2 heterocycles. The maximum absolute atomic E-state index is 12.2.